The Morgan fingerprint density at radius 1 is 1.36 bits per heavy atom. The summed E-state index contributed by atoms with van der Waals surface area (Å²) in [5, 5.41) is 5.86. The van der Waals surface area contributed by atoms with Gasteiger partial charge < -0.3 is 15.5 Å². The molecule has 0 radical (unpaired) electrons. The van der Waals surface area contributed by atoms with Crippen LogP contribution >= 0.6 is 0 Å². The van der Waals surface area contributed by atoms with Crippen LogP contribution in [0.25, 0.3) is 0 Å². The minimum absolute atomic E-state index is 0.00100. The third kappa shape index (κ3) is 3.40. The minimum atomic E-state index is -0.521. The third-order valence-corrected chi connectivity index (χ3v) is 5.26. The molecule has 2 N–H and O–H groups in total. The molecule has 1 aliphatic carbocycles. The summed E-state index contributed by atoms with van der Waals surface area (Å²) in [5.41, 5.74) is 3.09. The molecule has 1 saturated carbocycles. The normalized spacial score (nSPS) is 21.5. The van der Waals surface area contributed by atoms with E-state index in [1.165, 1.54) is 9.80 Å². The zero-order valence-corrected chi connectivity index (χ0v) is 15.9. The van der Waals surface area contributed by atoms with E-state index in [0.29, 0.717) is 17.8 Å². The highest BCUT2D eigenvalue weighted by Crippen LogP contribution is 2.36. The van der Waals surface area contributed by atoms with E-state index in [9.17, 15) is 14.4 Å². The first kappa shape index (κ1) is 18.3. The summed E-state index contributed by atoms with van der Waals surface area (Å²) >= 11 is 0. The van der Waals surface area contributed by atoms with E-state index in [1.807, 2.05) is 31.2 Å². The van der Waals surface area contributed by atoms with E-state index in [1.54, 1.807) is 6.08 Å². The molecule has 1 fully saturated rings. The number of carbonyl (C=O) groups is 3. The summed E-state index contributed by atoms with van der Waals surface area (Å²) in [7, 11) is 0. The van der Waals surface area contributed by atoms with E-state index in [4.69, 9.17) is 0 Å². The molecule has 1 atom stereocenters. The maximum absolute atomic E-state index is 13.2. The monoisotopic (exact) mass is 380 g/mol. The van der Waals surface area contributed by atoms with Crippen LogP contribution in [0.3, 0.4) is 0 Å². The Morgan fingerprint density at radius 3 is 2.82 bits per heavy atom. The van der Waals surface area contributed by atoms with Crippen LogP contribution in [0.5, 0.6) is 0 Å². The second kappa shape index (κ2) is 7.14. The molecule has 1 aromatic carbocycles. The molecule has 2 heterocycles. The van der Waals surface area contributed by atoms with E-state index < -0.39 is 6.04 Å². The molecule has 146 valence electrons. The number of aryl methyl sites for hydroxylation is 1. The third-order valence-electron chi connectivity index (χ3n) is 5.26. The number of nitrogens with zero attached hydrogens (tertiary/aromatic N) is 2. The fraction of sp³-hybridized carbons (Fsp3) is 0.381. The highest BCUT2D eigenvalue weighted by atomic mass is 16.2. The SMILES string of the molecule is C=CCN1C(=O)N[C@@H](c2cccc(C)c2)C2=C1CN(CC(=O)NC1CC1)C2=O. The summed E-state index contributed by atoms with van der Waals surface area (Å²) in [6.07, 6.45) is 3.62. The van der Waals surface area contributed by atoms with Crippen LogP contribution in [-0.4, -0.2) is 53.3 Å². The Kier molecular flexibility index (Phi) is 4.66. The van der Waals surface area contributed by atoms with E-state index in [-0.39, 0.29) is 37.0 Å². The van der Waals surface area contributed by atoms with Gasteiger partial charge in [0, 0.05) is 12.6 Å². The smallest absolute Gasteiger partial charge is 0.322 e. The van der Waals surface area contributed by atoms with Crippen molar-refractivity contribution < 1.29 is 14.4 Å². The number of hydrogen-bond acceptors (Lipinski definition) is 3. The van der Waals surface area contributed by atoms with Gasteiger partial charge in [0.15, 0.2) is 0 Å². The van der Waals surface area contributed by atoms with Crippen molar-refractivity contribution in [3.63, 3.8) is 0 Å². The maximum atomic E-state index is 13.2. The van der Waals surface area contributed by atoms with E-state index in [0.717, 1.165) is 24.0 Å². The Bertz CT molecular complexity index is 887. The van der Waals surface area contributed by atoms with Gasteiger partial charge in [0.05, 0.1) is 23.9 Å². The van der Waals surface area contributed by atoms with Gasteiger partial charge >= 0.3 is 6.03 Å². The van der Waals surface area contributed by atoms with Gasteiger partial charge in [0.2, 0.25) is 5.91 Å². The molecular formula is C21H24N4O3. The number of nitrogens with one attached hydrogen (secondary N) is 2. The predicted octanol–water partition coefficient (Wildman–Crippen LogP) is 1.62. The zero-order chi connectivity index (χ0) is 19.8. The molecule has 0 unspecified atom stereocenters. The lowest BCUT2D eigenvalue weighted by Gasteiger charge is -2.33. The van der Waals surface area contributed by atoms with Gasteiger partial charge in [-0.2, -0.15) is 0 Å². The lowest BCUT2D eigenvalue weighted by Crippen LogP contribution is -2.47. The zero-order valence-electron chi connectivity index (χ0n) is 15.9. The Hall–Kier alpha value is -3.09. The van der Waals surface area contributed by atoms with Crippen LogP contribution in [0, 0.1) is 6.92 Å². The molecule has 7 nitrogen and oxygen atoms in total. The molecule has 0 saturated heterocycles. The standard InChI is InChI=1S/C21H24N4O3/c1-3-9-25-16-11-24(12-17(26)22-15-7-8-15)20(27)18(16)19(23-21(25)28)14-6-4-5-13(2)10-14/h3-6,10,15,19H,1,7-9,11-12H2,2H3,(H,22,26)(H,23,28)/t19-/m0/s1. The predicted molar refractivity (Wildman–Crippen MR) is 104 cm³/mol. The van der Waals surface area contributed by atoms with Crippen LogP contribution in [0.1, 0.15) is 30.0 Å². The van der Waals surface area contributed by atoms with Crippen molar-refractivity contribution in [2.75, 3.05) is 19.6 Å². The van der Waals surface area contributed by atoms with Gasteiger partial charge in [0.1, 0.15) is 6.54 Å². The molecule has 2 aliphatic heterocycles. The molecule has 0 bridgehead atoms. The minimum Gasteiger partial charge on any atom is -0.352 e. The molecule has 4 amide bonds. The topological polar surface area (TPSA) is 81.8 Å². The van der Waals surface area contributed by atoms with Crippen molar-refractivity contribution in [2.24, 2.45) is 0 Å². The van der Waals surface area contributed by atoms with Crippen LogP contribution in [0.15, 0.2) is 48.2 Å². The summed E-state index contributed by atoms with van der Waals surface area (Å²) in [5.74, 6) is -0.362. The molecule has 3 aliphatic rings. The molecule has 0 spiro atoms. The van der Waals surface area contributed by atoms with E-state index in [2.05, 4.69) is 17.2 Å². The van der Waals surface area contributed by atoms with Crippen molar-refractivity contribution in [1.82, 2.24) is 20.4 Å². The first-order chi connectivity index (χ1) is 13.5. The van der Waals surface area contributed by atoms with Gasteiger partial charge in [-0.3, -0.25) is 14.5 Å². The molecule has 4 rings (SSSR count). The van der Waals surface area contributed by atoms with Gasteiger partial charge in [-0.1, -0.05) is 35.9 Å². The number of rotatable bonds is 6. The number of hydrogen-bond donors (Lipinski definition) is 2. The van der Waals surface area contributed by atoms with Crippen LogP contribution in [0.4, 0.5) is 4.79 Å². The maximum Gasteiger partial charge on any atom is 0.322 e. The molecular weight excluding hydrogens is 356 g/mol. The quantitative estimate of drug-likeness (QED) is 0.736. The second-order valence-corrected chi connectivity index (χ2v) is 7.56. The molecule has 1 aromatic rings. The van der Waals surface area contributed by atoms with Gasteiger partial charge in [0.25, 0.3) is 5.91 Å². The highest BCUT2D eigenvalue weighted by Gasteiger charge is 2.44. The highest BCUT2D eigenvalue weighted by molar-refractivity contribution is 6.03. The summed E-state index contributed by atoms with van der Waals surface area (Å²) in [6, 6.07) is 7.21. The second-order valence-electron chi connectivity index (χ2n) is 7.56. The Balaban J connectivity index is 1.64. The number of amides is 4. The van der Waals surface area contributed by atoms with Gasteiger partial charge in [-0.25, -0.2) is 4.79 Å². The molecule has 28 heavy (non-hydrogen) atoms. The Morgan fingerprint density at radius 2 is 2.14 bits per heavy atom. The van der Waals surface area contributed by atoms with Crippen molar-refractivity contribution in [3.8, 4) is 0 Å². The van der Waals surface area contributed by atoms with Crippen molar-refractivity contribution in [3.05, 3.63) is 59.3 Å². The number of carbonyl (C=O) groups excluding carboxylic acids is 3. The fourth-order valence-electron chi connectivity index (χ4n) is 3.77. The first-order valence-electron chi connectivity index (χ1n) is 9.55. The van der Waals surface area contributed by atoms with Gasteiger partial charge in [-0.15, -0.1) is 6.58 Å². The summed E-state index contributed by atoms with van der Waals surface area (Å²) in [4.78, 5) is 41.2. The van der Waals surface area contributed by atoms with Crippen LogP contribution in [-0.2, 0) is 9.59 Å². The Labute approximate surface area is 164 Å². The molecule has 7 heteroatoms. The van der Waals surface area contributed by atoms with Crippen LogP contribution in [0.2, 0.25) is 0 Å². The average molecular weight is 380 g/mol. The van der Waals surface area contributed by atoms with Crippen molar-refractivity contribution >= 4 is 17.8 Å². The number of urea groups is 1. The first-order valence-corrected chi connectivity index (χ1v) is 9.55. The van der Waals surface area contributed by atoms with Gasteiger partial charge in [-0.05, 0) is 25.3 Å². The van der Waals surface area contributed by atoms with E-state index >= 15 is 0 Å². The van der Waals surface area contributed by atoms with Crippen molar-refractivity contribution in [2.45, 2.75) is 31.8 Å². The fourth-order valence-corrected chi connectivity index (χ4v) is 3.77. The van der Waals surface area contributed by atoms with Crippen LogP contribution < -0.4 is 10.6 Å². The largest absolute Gasteiger partial charge is 0.352 e. The molecule has 0 aromatic heterocycles. The average Bonchev–Trinajstić information content (AvgIpc) is 3.41. The number of benzene rings is 1. The summed E-state index contributed by atoms with van der Waals surface area (Å²) in [6.45, 7) is 6.23. The van der Waals surface area contributed by atoms with Crippen molar-refractivity contribution in [1.29, 1.82) is 0 Å². The lowest BCUT2D eigenvalue weighted by atomic mass is 9.94. The lowest BCUT2D eigenvalue weighted by molar-refractivity contribution is -0.132. The summed E-state index contributed by atoms with van der Waals surface area (Å²) < 4.78 is 0.